The number of hydrogen-bond donors (Lipinski definition) is 2. The first-order valence-electron chi connectivity index (χ1n) is 8.07. The molecule has 1 heterocycles. The molecule has 118 valence electrons. The van der Waals surface area contributed by atoms with E-state index >= 15 is 0 Å². The van der Waals surface area contributed by atoms with Gasteiger partial charge in [-0.15, -0.1) is 0 Å². The summed E-state index contributed by atoms with van der Waals surface area (Å²) in [4.78, 5) is 3.41. The highest BCUT2D eigenvalue weighted by Crippen LogP contribution is 2.29. The van der Waals surface area contributed by atoms with Gasteiger partial charge in [0.15, 0.2) is 11.5 Å². The highest BCUT2D eigenvalue weighted by Gasteiger charge is 2.27. The molecule has 4 heteroatoms. The Balaban J connectivity index is 1.98. The Kier molecular flexibility index (Phi) is 5.88. The third-order valence-electron chi connectivity index (χ3n) is 4.83. The molecule has 1 saturated heterocycles. The van der Waals surface area contributed by atoms with Crippen molar-refractivity contribution in [3.8, 4) is 11.5 Å². The molecule has 2 N–H and O–H groups in total. The van der Waals surface area contributed by atoms with E-state index in [0.717, 1.165) is 24.1 Å². The molecule has 0 bridgehead atoms. The Labute approximate surface area is 128 Å². The quantitative estimate of drug-likeness (QED) is 0.759. The molecule has 1 atom stereocenters. The Morgan fingerprint density at radius 1 is 1.10 bits per heavy atom. The number of rotatable bonds is 6. The van der Waals surface area contributed by atoms with E-state index in [9.17, 15) is 0 Å². The van der Waals surface area contributed by atoms with Gasteiger partial charge >= 0.3 is 0 Å². The number of para-hydroxylation sites is 1. The molecule has 1 aromatic carbocycles. The monoisotopic (exact) mass is 294 g/mol. The Morgan fingerprint density at radius 3 is 2.38 bits per heavy atom. The summed E-state index contributed by atoms with van der Waals surface area (Å²) in [7, 11) is 3.42. The SMILES string of the molecule is CC[C@@H](C)[NH+]1CC[NH+](Cc2cccc(OC)c2OC)CC1. The number of ether oxygens (including phenoxy) is 2. The molecule has 0 saturated carbocycles. The van der Waals surface area contributed by atoms with Crippen LogP contribution in [0.5, 0.6) is 11.5 Å². The molecule has 0 radical (unpaired) electrons. The van der Waals surface area contributed by atoms with Crippen molar-refractivity contribution in [2.45, 2.75) is 32.9 Å². The molecule has 1 aliphatic heterocycles. The fraction of sp³-hybridized carbons (Fsp3) is 0.647. The van der Waals surface area contributed by atoms with E-state index < -0.39 is 0 Å². The van der Waals surface area contributed by atoms with Gasteiger partial charge < -0.3 is 19.3 Å². The Hall–Kier alpha value is -1.26. The summed E-state index contributed by atoms with van der Waals surface area (Å²) in [6.07, 6.45) is 1.27. The third kappa shape index (κ3) is 3.89. The van der Waals surface area contributed by atoms with Crippen LogP contribution in [-0.2, 0) is 6.54 Å². The van der Waals surface area contributed by atoms with E-state index in [4.69, 9.17) is 9.47 Å². The molecule has 0 unspecified atom stereocenters. The molecule has 4 nitrogen and oxygen atoms in total. The summed E-state index contributed by atoms with van der Waals surface area (Å²) in [5.74, 6) is 1.72. The minimum Gasteiger partial charge on any atom is -0.493 e. The van der Waals surface area contributed by atoms with Gasteiger partial charge in [0.1, 0.15) is 32.7 Å². The van der Waals surface area contributed by atoms with Crippen molar-refractivity contribution in [2.75, 3.05) is 40.4 Å². The summed E-state index contributed by atoms with van der Waals surface area (Å²) in [6.45, 7) is 10.7. The van der Waals surface area contributed by atoms with Crippen LogP contribution >= 0.6 is 0 Å². The zero-order chi connectivity index (χ0) is 15.2. The topological polar surface area (TPSA) is 27.3 Å². The van der Waals surface area contributed by atoms with Crippen LogP contribution in [-0.4, -0.2) is 46.4 Å². The number of quaternary nitrogens is 2. The maximum atomic E-state index is 5.54. The summed E-state index contributed by atoms with van der Waals surface area (Å²) in [5.41, 5.74) is 1.25. The molecule has 0 spiro atoms. The van der Waals surface area contributed by atoms with Crippen LogP contribution in [0.4, 0.5) is 0 Å². The predicted octanol–water partition coefficient (Wildman–Crippen LogP) is -0.214. The Morgan fingerprint density at radius 2 is 1.81 bits per heavy atom. The van der Waals surface area contributed by atoms with E-state index in [1.54, 1.807) is 24.0 Å². The van der Waals surface area contributed by atoms with Crippen LogP contribution in [0, 0.1) is 0 Å². The van der Waals surface area contributed by atoms with Crippen molar-refractivity contribution >= 4 is 0 Å². The van der Waals surface area contributed by atoms with Gasteiger partial charge in [0.05, 0.1) is 25.8 Å². The van der Waals surface area contributed by atoms with Crippen molar-refractivity contribution < 1.29 is 19.3 Å². The second-order valence-electron chi connectivity index (χ2n) is 6.05. The van der Waals surface area contributed by atoms with Gasteiger partial charge in [-0.2, -0.15) is 0 Å². The number of hydrogen-bond acceptors (Lipinski definition) is 2. The molecule has 0 amide bonds. The van der Waals surface area contributed by atoms with E-state index in [2.05, 4.69) is 26.0 Å². The number of benzene rings is 1. The predicted molar refractivity (Wildman–Crippen MR) is 84.4 cm³/mol. The largest absolute Gasteiger partial charge is 0.493 e. The van der Waals surface area contributed by atoms with Crippen molar-refractivity contribution in [1.29, 1.82) is 0 Å². The molecule has 21 heavy (non-hydrogen) atoms. The standard InChI is InChI=1S/C17H28N2O2/c1-5-14(2)19-11-9-18(10-12-19)13-15-7-6-8-16(20-3)17(15)21-4/h6-8,14H,5,9-13H2,1-4H3/p+2/t14-/m1/s1. The third-order valence-corrected chi connectivity index (χ3v) is 4.83. The molecule has 2 rings (SSSR count). The van der Waals surface area contributed by atoms with Crippen LogP contribution < -0.4 is 19.3 Å². The zero-order valence-electron chi connectivity index (χ0n) is 13.9. The van der Waals surface area contributed by atoms with E-state index in [1.165, 1.54) is 38.2 Å². The maximum Gasteiger partial charge on any atom is 0.169 e. The average molecular weight is 294 g/mol. The van der Waals surface area contributed by atoms with Crippen LogP contribution in [0.1, 0.15) is 25.8 Å². The van der Waals surface area contributed by atoms with E-state index in [1.807, 2.05) is 6.07 Å². The molecule has 1 aliphatic rings. The minimum absolute atomic E-state index is 0.790. The van der Waals surface area contributed by atoms with Gasteiger partial charge in [-0.05, 0) is 25.5 Å². The lowest BCUT2D eigenvalue weighted by molar-refractivity contribution is -1.03. The van der Waals surface area contributed by atoms with E-state index in [0.29, 0.717) is 0 Å². The van der Waals surface area contributed by atoms with Crippen molar-refractivity contribution in [1.82, 2.24) is 0 Å². The fourth-order valence-corrected chi connectivity index (χ4v) is 3.25. The summed E-state index contributed by atoms with van der Waals surface area (Å²) in [6, 6.07) is 6.96. The van der Waals surface area contributed by atoms with Crippen molar-refractivity contribution in [3.63, 3.8) is 0 Å². The second-order valence-corrected chi connectivity index (χ2v) is 6.05. The van der Waals surface area contributed by atoms with Crippen molar-refractivity contribution in [3.05, 3.63) is 23.8 Å². The number of methoxy groups -OCH3 is 2. The smallest absolute Gasteiger partial charge is 0.169 e. The van der Waals surface area contributed by atoms with Gasteiger partial charge in [-0.25, -0.2) is 0 Å². The van der Waals surface area contributed by atoms with Gasteiger partial charge in [-0.3, -0.25) is 0 Å². The number of piperazine rings is 1. The minimum atomic E-state index is 0.790. The molecule has 1 fully saturated rings. The molecule has 1 aromatic rings. The van der Waals surface area contributed by atoms with Gasteiger partial charge in [0.25, 0.3) is 0 Å². The normalized spacial score (nSPS) is 23.6. The van der Waals surface area contributed by atoms with E-state index in [-0.39, 0.29) is 0 Å². The lowest BCUT2D eigenvalue weighted by atomic mass is 10.1. The maximum absolute atomic E-state index is 5.54. The van der Waals surface area contributed by atoms with Crippen LogP contribution in [0.3, 0.4) is 0 Å². The molecule has 0 aromatic heterocycles. The summed E-state index contributed by atoms with van der Waals surface area (Å²) in [5, 5.41) is 0. The van der Waals surface area contributed by atoms with Crippen LogP contribution in [0.25, 0.3) is 0 Å². The molecule has 0 aliphatic carbocycles. The first-order chi connectivity index (χ1) is 10.2. The second kappa shape index (κ2) is 7.66. The van der Waals surface area contributed by atoms with Crippen LogP contribution in [0.2, 0.25) is 0 Å². The van der Waals surface area contributed by atoms with Gasteiger partial charge in [0.2, 0.25) is 0 Å². The first-order valence-corrected chi connectivity index (χ1v) is 8.07. The zero-order valence-corrected chi connectivity index (χ0v) is 13.9. The highest BCUT2D eigenvalue weighted by atomic mass is 16.5. The lowest BCUT2D eigenvalue weighted by Crippen LogP contribution is -3.29. The molecular formula is C17H30N2O2+2. The van der Waals surface area contributed by atoms with Crippen molar-refractivity contribution in [2.24, 2.45) is 0 Å². The summed E-state index contributed by atoms with van der Waals surface area (Å²) < 4.78 is 10.9. The average Bonchev–Trinajstić information content (AvgIpc) is 2.54. The van der Waals surface area contributed by atoms with Crippen LogP contribution in [0.15, 0.2) is 18.2 Å². The molecular weight excluding hydrogens is 264 g/mol. The number of nitrogens with one attached hydrogen (secondary N) is 2. The van der Waals surface area contributed by atoms with Gasteiger partial charge in [-0.1, -0.05) is 13.0 Å². The summed E-state index contributed by atoms with van der Waals surface area (Å²) >= 11 is 0. The highest BCUT2D eigenvalue weighted by molar-refractivity contribution is 5.46. The fourth-order valence-electron chi connectivity index (χ4n) is 3.25. The Bertz CT molecular complexity index is 442. The first kappa shape index (κ1) is 16.1. The lowest BCUT2D eigenvalue weighted by Gasteiger charge is -2.33. The van der Waals surface area contributed by atoms with Gasteiger partial charge in [0, 0.05) is 0 Å².